The number of non-ortho nitro benzene ring substituents is 1. The summed E-state index contributed by atoms with van der Waals surface area (Å²) in [6.07, 6.45) is 5.59. The lowest BCUT2D eigenvalue weighted by molar-refractivity contribution is -0.384. The second-order valence-corrected chi connectivity index (χ2v) is 7.46. The van der Waals surface area contributed by atoms with Gasteiger partial charge in [0.2, 0.25) is 0 Å². The van der Waals surface area contributed by atoms with Gasteiger partial charge in [0.05, 0.1) is 11.0 Å². The van der Waals surface area contributed by atoms with E-state index in [0.717, 1.165) is 12.0 Å². The fourth-order valence-corrected chi connectivity index (χ4v) is 4.61. The predicted octanol–water partition coefficient (Wildman–Crippen LogP) is 6.09. The number of fused-ring (bicyclic) bond motifs is 3. The minimum Gasteiger partial charge on any atom is -0.377 e. The monoisotopic (exact) mass is 368 g/mol. The highest BCUT2D eigenvalue weighted by Gasteiger charge is 2.38. The molecule has 0 saturated carbocycles. The Kier molecular flexibility index (Phi) is 3.97. The van der Waals surface area contributed by atoms with Crippen molar-refractivity contribution in [3.8, 4) is 11.1 Å². The zero-order valence-electron chi connectivity index (χ0n) is 15.3. The minimum atomic E-state index is -0.346. The van der Waals surface area contributed by atoms with Crippen molar-refractivity contribution < 1.29 is 4.92 Å². The van der Waals surface area contributed by atoms with Crippen LogP contribution in [-0.2, 0) is 0 Å². The summed E-state index contributed by atoms with van der Waals surface area (Å²) in [4.78, 5) is 10.7. The number of hydrogen-bond donors (Lipinski definition) is 1. The van der Waals surface area contributed by atoms with Gasteiger partial charge < -0.3 is 5.32 Å². The Morgan fingerprint density at radius 1 is 0.929 bits per heavy atom. The zero-order valence-corrected chi connectivity index (χ0v) is 15.3. The minimum absolute atomic E-state index is 0.123. The van der Waals surface area contributed by atoms with E-state index in [2.05, 4.69) is 59.9 Å². The van der Waals surface area contributed by atoms with Gasteiger partial charge in [-0.1, -0.05) is 72.8 Å². The van der Waals surface area contributed by atoms with E-state index in [1.165, 1.54) is 22.4 Å². The van der Waals surface area contributed by atoms with Crippen molar-refractivity contribution in [2.75, 3.05) is 5.32 Å². The average molecular weight is 368 g/mol. The summed E-state index contributed by atoms with van der Waals surface area (Å²) in [7, 11) is 0. The number of nitrogens with zero attached hydrogens (tertiary/aromatic N) is 1. The van der Waals surface area contributed by atoms with Crippen LogP contribution in [-0.4, -0.2) is 4.92 Å². The van der Waals surface area contributed by atoms with E-state index < -0.39 is 0 Å². The third-order valence-corrected chi connectivity index (χ3v) is 5.94. The molecule has 138 valence electrons. The predicted molar refractivity (Wildman–Crippen MR) is 111 cm³/mol. The molecule has 5 rings (SSSR count). The number of benzene rings is 3. The molecule has 0 saturated heterocycles. The molecule has 0 radical (unpaired) electrons. The third-order valence-electron chi connectivity index (χ3n) is 5.94. The number of para-hydroxylation sites is 1. The first-order valence-electron chi connectivity index (χ1n) is 9.58. The molecule has 1 heterocycles. The van der Waals surface area contributed by atoms with Crippen molar-refractivity contribution in [2.24, 2.45) is 5.92 Å². The number of hydrogen-bond acceptors (Lipinski definition) is 3. The lowest BCUT2D eigenvalue weighted by Crippen LogP contribution is -2.29. The Labute approximate surface area is 163 Å². The average Bonchev–Trinajstić information content (AvgIpc) is 3.24. The highest BCUT2D eigenvalue weighted by molar-refractivity contribution is 5.82. The van der Waals surface area contributed by atoms with Gasteiger partial charge in [-0.15, -0.1) is 0 Å². The quantitative estimate of drug-likeness (QED) is 0.346. The van der Waals surface area contributed by atoms with E-state index in [9.17, 15) is 10.1 Å². The molecule has 4 nitrogen and oxygen atoms in total. The van der Waals surface area contributed by atoms with Crippen LogP contribution in [0.1, 0.15) is 29.5 Å². The van der Waals surface area contributed by atoms with Crippen molar-refractivity contribution in [1.29, 1.82) is 0 Å². The smallest absolute Gasteiger partial charge is 0.269 e. The molecule has 28 heavy (non-hydrogen) atoms. The molecular formula is C24H20N2O2. The van der Waals surface area contributed by atoms with E-state index >= 15 is 0 Å². The third kappa shape index (κ3) is 2.69. The molecule has 1 aliphatic carbocycles. The topological polar surface area (TPSA) is 55.2 Å². The Morgan fingerprint density at radius 3 is 2.46 bits per heavy atom. The number of anilines is 1. The first kappa shape index (κ1) is 16.8. The molecule has 4 heteroatoms. The van der Waals surface area contributed by atoms with E-state index in [1.54, 1.807) is 12.1 Å². The molecule has 0 aromatic heterocycles. The summed E-state index contributed by atoms with van der Waals surface area (Å²) in [6, 6.07) is 24.0. The summed E-state index contributed by atoms with van der Waals surface area (Å²) >= 11 is 0. The molecule has 3 aromatic carbocycles. The normalized spacial score (nSPS) is 22.2. The first-order valence-corrected chi connectivity index (χ1v) is 9.58. The highest BCUT2D eigenvalue weighted by Crippen LogP contribution is 2.52. The number of nitro benzene ring substituents is 1. The summed E-state index contributed by atoms with van der Waals surface area (Å²) < 4.78 is 0. The first-order chi connectivity index (χ1) is 13.7. The summed E-state index contributed by atoms with van der Waals surface area (Å²) in [5.74, 6) is 0.778. The lowest BCUT2D eigenvalue weighted by atomic mass is 9.76. The fraction of sp³-hybridized carbons (Fsp3) is 0.167. The van der Waals surface area contributed by atoms with Crippen LogP contribution < -0.4 is 5.32 Å². The standard InChI is InChI=1S/C24H20N2O2/c27-26(28)18-14-12-17(13-15-18)23-21-10-5-9-20(21)22-11-4-8-19(24(22)25-23)16-6-2-1-3-7-16/h1-9,11-15,20-21,23,25H,10H2. The van der Waals surface area contributed by atoms with Crippen LogP contribution in [0.4, 0.5) is 11.4 Å². The number of rotatable bonds is 3. The van der Waals surface area contributed by atoms with Gasteiger partial charge in [-0.3, -0.25) is 10.1 Å². The summed E-state index contributed by atoms with van der Waals surface area (Å²) in [5.41, 5.74) is 6.12. The fourth-order valence-electron chi connectivity index (χ4n) is 4.61. The zero-order chi connectivity index (χ0) is 19.1. The van der Waals surface area contributed by atoms with Crippen molar-refractivity contribution in [3.63, 3.8) is 0 Å². The maximum absolute atomic E-state index is 11.0. The highest BCUT2D eigenvalue weighted by atomic mass is 16.6. The Bertz CT molecular complexity index is 1060. The van der Waals surface area contributed by atoms with Crippen LogP contribution in [0.3, 0.4) is 0 Å². The maximum Gasteiger partial charge on any atom is 0.269 e. The number of allylic oxidation sites excluding steroid dienone is 2. The van der Waals surface area contributed by atoms with Crippen molar-refractivity contribution in [3.05, 3.63) is 106 Å². The molecular weight excluding hydrogens is 348 g/mol. The van der Waals surface area contributed by atoms with Gasteiger partial charge in [-0.25, -0.2) is 0 Å². The molecule has 1 N–H and O–H groups in total. The molecule has 2 aliphatic rings. The van der Waals surface area contributed by atoms with Crippen LogP contribution in [0.15, 0.2) is 84.9 Å². The van der Waals surface area contributed by atoms with Crippen LogP contribution in [0.25, 0.3) is 11.1 Å². The van der Waals surface area contributed by atoms with Crippen molar-refractivity contribution >= 4 is 11.4 Å². The number of nitro groups is 1. The molecule has 0 spiro atoms. The Balaban J connectivity index is 1.60. The molecule has 3 aromatic rings. The van der Waals surface area contributed by atoms with E-state index in [4.69, 9.17) is 0 Å². The van der Waals surface area contributed by atoms with Crippen LogP contribution in [0.2, 0.25) is 0 Å². The van der Waals surface area contributed by atoms with Crippen LogP contribution >= 0.6 is 0 Å². The van der Waals surface area contributed by atoms with Crippen LogP contribution in [0.5, 0.6) is 0 Å². The van der Waals surface area contributed by atoms with Crippen molar-refractivity contribution in [2.45, 2.75) is 18.4 Å². The van der Waals surface area contributed by atoms with Crippen LogP contribution in [0, 0.1) is 16.0 Å². The second-order valence-electron chi connectivity index (χ2n) is 7.46. The van der Waals surface area contributed by atoms with Crippen molar-refractivity contribution in [1.82, 2.24) is 0 Å². The molecule has 3 atom stereocenters. The summed E-state index contributed by atoms with van der Waals surface area (Å²) in [5, 5.41) is 14.8. The molecule has 0 amide bonds. The van der Waals surface area contributed by atoms with Gasteiger partial charge in [-0.2, -0.15) is 0 Å². The van der Waals surface area contributed by atoms with Gasteiger partial charge in [-0.05, 0) is 29.0 Å². The SMILES string of the molecule is O=[N+]([O-])c1ccc(C2Nc3c(-c4ccccc4)cccc3C3C=CCC32)cc1. The summed E-state index contributed by atoms with van der Waals surface area (Å²) in [6.45, 7) is 0. The molecule has 1 aliphatic heterocycles. The second kappa shape index (κ2) is 6.64. The largest absolute Gasteiger partial charge is 0.377 e. The lowest BCUT2D eigenvalue weighted by Gasteiger charge is -2.38. The molecule has 0 bridgehead atoms. The van der Waals surface area contributed by atoms with E-state index in [1.807, 2.05) is 18.2 Å². The molecule has 0 fully saturated rings. The van der Waals surface area contributed by atoms with Gasteiger partial charge in [0, 0.05) is 29.3 Å². The maximum atomic E-state index is 11.0. The van der Waals surface area contributed by atoms with E-state index in [-0.39, 0.29) is 16.7 Å². The van der Waals surface area contributed by atoms with Gasteiger partial charge >= 0.3 is 0 Å². The molecule has 3 unspecified atom stereocenters. The van der Waals surface area contributed by atoms with Gasteiger partial charge in [0.1, 0.15) is 0 Å². The van der Waals surface area contributed by atoms with Gasteiger partial charge in [0.15, 0.2) is 0 Å². The van der Waals surface area contributed by atoms with E-state index in [0.29, 0.717) is 11.8 Å². The number of nitrogens with one attached hydrogen (secondary N) is 1. The van der Waals surface area contributed by atoms with Gasteiger partial charge in [0.25, 0.3) is 5.69 Å². The Morgan fingerprint density at radius 2 is 1.71 bits per heavy atom. The Hall–Kier alpha value is -3.40.